The van der Waals surface area contributed by atoms with Crippen LogP contribution in [0.4, 0.5) is 0 Å². The van der Waals surface area contributed by atoms with E-state index in [9.17, 15) is 0 Å². The third kappa shape index (κ3) is 1.67. The molecule has 0 bridgehead atoms. The largest absolute Gasteiger partial charge is 0.497 e. The van der Waals surface area contributed by atoms with Crippen LogP contribution in [0.5, 0.6) is 5.75 Å². The Bertz CT molecular complexity index is 934. The first-order valence-electron chi connectivity index (χ1n) is 6.66. The molecule has 0 spiro atoms. The van der Waals surface area contributed by atoms with Gasteiger partial charge in [-0.15, -0.1) is 0 Å². The van der Waals surface area contributed by atoms with Gasteiger partial charge in [0.25, 0.3) is 0 Å². The highest BCUT2D eigenvalue weighted by atomic mass is 16.5. The molecule has 0 amide bonds. The second-order valence-electron chi connectivity index (χ2n) is 4.88. The van der Waals surface area contributed by atoms with E-state index in [0.717, 1.165) is 33.8 Å². The van der Waals surface area contributed by atoms with Crippen molar-refractivity contribution in [3.05, 3.63) is 54.7 Å². The fourth-order valence-electron chi connectivity index (χ4n) is 2.60. The molecule has 0 atom stereocenters. The number of imidazole rings is 2. The minimum atomic E-state index is 0.724. The number of aromatic nitrogens is 3. The van der Waals surface area contributed by atoms with Gasteiger partial charge in [0.1, 0.15) is 5.75 Å². The van der Waals surface area contributed by atoms with Crippen molar-refractivity contribution in [1.29, 1.82) is 0 Å². The molecule has 0 aliphatic heterocycles. The van der Waals surface area contributed by atoms with E-state index < -0.39 is 0 Å². The summed E-state index contributed by atoms with van der Waals surface area (Å²) >= 11 is 0. The molecule has 0 fully saturated rings. The Labute approximate surface area is 121 Å². The summed E-state index contributed by atoms with van der Waals surface area (Å²) in [4.78, 5) is 4.64. The van der Waals surface area contributed by atoms with E-state index in [2.05, 4.69) is 4.98 Å². The number of benzene rings is 2. The predicted octanol–water partition coefficient (Wildman–Crippen LogP) is 2.68. The molecule has 0 aliphatic carbocycles. The van der Waals surface area contributed by atoms with Crippen molar-refractivity contribution in [1.82, 2.24) is 14.1 Å². The highest BCUT2D eigenvalue weighted by molar-refractivity contribution is 5.82. The van der Waals surface area contributed by atoms with Crippen molar-refractivity contribution >= 4 is 16.8 Å². The molecular weight excluding hydrogens is 264 g/mol. The summed E-state index contributed by atoms with van der Waals surface area (Å²) in [7, 11) is 1.66. The molecule has 21 heavy (non-hydrogen) atoms. The molecule has 4 aromatic rings. The smallest absolute Gasteiger partial charge is 0.234 e. The number of nitrogens with zero attached hydrogens (tertiary/aromatic N) is 3. The zero-order valence-corrected chi connectivity index (χ0v) is 11.5. The van der Waals surface area contributed by atoms with Crippen LogP contribution in [0.1, 0.15) is 0 Å². The molecule has 104 valence electrons. The molecule has 2 heterocycles. The average Bonchev–Trinajstić information content (AvgIpc) is 3.08. The summed E-state index contributed by atoms with van der Waals surface area (Å²) in [6.07, 6.45) is 2.00. The lowest BCUT2D eigenvalue weighted by Crippen LogP contribution is -2.07. The van der Waals surface area contributed by atoms with Crippen molar-refractivity contribution in [3.8, 4) is 17.0 Å². The maximum atomic E-state index is 6.13. The quantitative estimate of drug-likeness (QED) is 0.573. The maximum absolute atomic E-state index is 6.13. The number of hydrogen-bond acceptors (Lipinski definition) is 3. The number of para-hydroxylation sites is 2. The van der Waals surface area contributed by atoms with E-state index in [4.69, 9.17) is 10.6 Å². The Morgan fingerprint density at radius 2 is 1.71 bits per heavy atom. The fourth-order valence-corrected chi connectivity index (χ4v) is 2.60. The number of nitrogen functional groups attached to an aromatic ring is 1. The Morgan fingerprint density at radius 1 is 1.00 bits per heavy atom. The zero-order chi connectivity index (χ0) is 14.4. The van der Waals surface area contributed by atoms with Crippen molar-refractivity contribution in [2.45, 2.75) is 0 Å². The SMILES string of the molecule is COc1ccc(-c2cn3c4ccccc4n(N)c3n2)cc1. The second kappa shape index (κ2) is 4.28. The number of rotatable bonds is 2. The van der Waals surface area contributed by atoms with E-state index in [1.807, 2.05) is 59.1 Å². The first-order valence-corrected chi connectivity index (χ1v) is 6.66. The van der Waals surface area contributed by atoms with Gasteiger partial charge >= 0.3 is 0 Å². The number of ether oxygens (including phenoxy) is 1. The lowest BCUT2D eigenvalue weighted by Gasteiger charge is -2.00. The summed E-state index contributed by atoms with van der Waals surface area (Å²) in [5, 5.41) is 0. The number of fused-ring (bicyclic) bond motifs is 3. The van der Waals surface area contributed by atoms with E-state index in [1.54, 1.807) is 11.8 Å². The van der Waals surface area contributed by atoms with Gasteiger partial charge in [-0.05, 0) is 36.4 Å². The predicted molar refractivity (Wildman–Crippen MR) is 82.8 cm³/mol. The molecule has 0 radical (unpaired) electrons. The summed E-state index contributed by atoms with van der Waals surface area (Å²) in [6, 6.07) is 15.8. The van der Waals surface area contributed by atoms with Crippen LogP contribution in [0.25, 0.3) is 28.1 Å². The summed E-state index contributed by atoms with van der Waals surface area (Å²) in [5.74, 6) is 7.68. The van der Waals surface area contributed by atoms with Gasteiger partial charge in [-0.25, -0.2) is 9.66 Å². The topological polar surface area (TPSA) is 57.5 Å². The standard InChI is InChI=1S/C16H14N4O/c1-21-12-8-6-11(7-9-12)13-10-19-14-4-2-3-5-15(14)20(17)16(19)18-13/h2-10H,17H2,1H3. The summed E-state index contributed by atoms with van der Waals surface area (Å²) < 4.78 is 8.80. The normalized spacial score (nSPS) is 11.3. The first kappa shape index (κ1) is 11.8. The molecule has 4 rings (SSSR count). The monoisotopic (exact) mass is 278 g/mol. The molecule has 0 aliphatic rings. The van der Waals surface area contributed by atoms with Gasteiger partial charge in [0, 0.05) is 11.8 Å². The second-order valence-corrected chi connectivity index (χ2v) is 4.88. The third-order valence-electron chi connectivity index (χ3n) is 3.69. The third-order valence-corrected chi connectivity index (χ3v) is 3.69. The van der Waals surface area contributed by atoms with Gasteiger partial charge < -0.3 is 10.6 Å². The zero-order valence-electron chi connectivity index (χ0n) is 11.5. The van der Waals surface area contributed by atoms with Gasteiger partial charge in [-0.1, -0.05) is 12.1 Å². The highest BCUT2D eigenvalue weighted by Gasteiger charge is 2.12. The van der Waals surface area contributed by atoms with Crippen LogP contribution in [0.2, 0.25) is 0 Å². The van der Waals surface area contributed by atoms with Crippen LogP contribution < -0.4 is 10.6 Å². The van der Waals surface area contributed by atoms with Crippen LogP contribution in [0.3, 0.4) is 0 Å². The van der Waals surface area contributed by atoms with Crippen LogP contribution >= 0.6 is 0 Å². The maximum Gasteiger partial charge on any atom is 0.234 e. The Balaban J connectivity index is 1.92. The Morgan fingerprint density at radius 3 is 2.43 bits per heavy atom. The summed E-state index contributed by atoms with van der Waals surface area (Å²) in [5.41, 5.74) is 3.92. The highest BCUT2D eigenvalue weighted by Crippen LogP contribution is 2.25. The molecule has 2 N–H and O–H groups in total. The van der Waals surface area contributed by atoms with Gasteiger partial charge in [0.15, 0.2) is 0 Å². The van der Waals surface area contributed by atoms with Gasteiger partial charge in [-0.2, -0.15) is 0 Å². The van der Waals surface area contributed by atoms with Crippen molar-refractivity contribution in [2.75, 3.05) is 13.0 Å². The average molecular weight is 278 g/mol. The Kier molecular flexibility index (Phi) is 2.41. The van der Waals surface area contributed by atoms with Crippen molar-refractivity contribution in [3.63, 3.8) is 0 Å². The van der Waals surface area contributed by atoms with E-state index in [1.165, 1.54) is 0 Å². The lowest BCUT2D eigenvalue weighted by molar-refractivity contribution is 0.415. The Hall–Kier alpha value is -2.95. The van der Waals surface area contributed by atoms with E-state index in [-0.39, 0.29) is 0 Å². The number of methoxy groups -OCH3 is 1. The van der Waals surface area contributed by atoms with Crippen LogP contribution in [0.15, 0.2) is 54.7 Å². The van der Waals surface area contributed by atoms with Crippen LogP contribution in [0, 0.1) is 0 Å². The van der Waals surface area contributed by atoms with Crippen molar-refractivity contribution in [2.24, 2.45) is 0 Å². The van der Waals surface area contributed by atoms with Gasteiger partial charge in [0.2, 0.25) is 5.78 Å². The fraction of sp³-hybridized carbons (Fsp3) is 0.0625. The minimum Gasteiger partial charge on any atom is -0.497 e. The molecule has 0 saturated carbocycles. The minimum absolute atomic E-state index is 0.724. The molecule has 2 aromatic carbocycles. The lowest BCUT2D eigenvalue weighted by atomic mass is 10.2. The molecule has 5 heteroatoms. The van der Waals surface area contributed by atoms with Gasteiger partial charge in [0.05, 0.1) is 23.8 Å². The van der Waals surface area contributed by atoms with Crippen molar-refractivity contribution < 1.29 is 4.74 Å². The molecule has 0 unspecified atom stereocenters. The molecule has 2 aromatic heterocycles. The first-order chi connectivity index (χ1) is 10.3. The molecule has 0 saturated heterocycles. The molecular formula is C16H14N4O. The van der Waals surface area contributed by atoms with E-state index >= 15 is 0 Å². The van der Waals surface area contributed by atoms with E-state index in [0.29, 0.717) is 0 Å². The number of nitrogens with two attached hydrogens (primary N) is 1. The van der Waals surface area contributed by atoms with Crippen LogP contribution in [-0.2, 0) is 0 Å². The van der Waals surface area contributed by atoms with Gasteiger partial charge in [-0.3, -0.25) is 4.40 Å². The summed E-state index contributed by atoms with van der Waals surface area (Å²) in [6.45, 7) is 0. The number of hydrogen-bond donors (Lipinski definition) is 1. The molecule has 5 nitrogen and oxygen atoms in total. The van der Waals surface area contributed by atoms with Crippen LogP contribution in [-0.4, -0.2) is 21.2 Å².